The largest absolute Gasteiger partial charge is 0.508 e. The van der Waals surface area contributed by atoms with Gasteiger partial charge in [0.05, 0.1) is 12.5 Å². The summed E-state index contributed by atoms with van der Waals surface area (Å²) in [6, 6.07) is 5.53. The highest BCUT2D eigenvalue weighted by molar-refractivity contribution is 5.95. The molecule has 0 fully saturated rings. The van der Waals surface area contributed by atoms with Gasteiger partial charge in [-0.2, -0.15) is 0 Å². The molecule has 11 N–H and O–H groups in total. The third-order valence-corrected chi connectivity index (χ3v) is 6.04. The summed E-state index contributed by atoms with van der Waals surface area (Å²) < 4.78 is 0. The van der Waals surface area contributed by atoms with Crippen molar-refractivity contribution in [2.24, 2.45) is 11.5 Å². The first-order valence-corrected chi connectivity index (χ1v) is 12.7. The van der Waals surface area contributed by atoms with Crippen LogP contribution in [0.1, 0.15) is 30.4 Å². The molecule has 226 valence electrons. The molecule has 4 atom stereocenters. The Morgan fingerprint density at radius 3 is 1.45 bits per heavy atom. The number of aromatic hydroxyl groups is 2. The Kier molecular flexibility index (Phi) is 12.2. The maximum atomic E-state index is 13.5. The van der Waals surface area contributed by atoms with Gasteiger partial charge in [0.25, 0.3) is 0 Å². The Bertz CT molecular complexity index is 1280. The summed E-state index contributed by atoms with van der Waals surface area (Å²) in [4.78, 5) is 73.1. The van der Waals surface area contributed by atoms with Crippen LogP contribution in [0.2, 0.25) is 0 Å². The molecule has 0 aliphatic heterocycles. The van der Waals surface area contributed by atoms with Crippen molar-refractivity contribution in [2.45, 2.75) is 56.3 Å². The molecular weight excluding hydrogens is 554 g/mol. The minimum Gasteiger partial charge on any atom is -0.508 e. The lowest BCUT2D eigenvalue weighted by atomic mass is 10.0. The Morgan fingerprint density at radius 1 is 0.667 bits per heavy atom. The normalized spacial score (nSPS) is 13.5. The summed E-state index contributed by atoms with van der Waals surface area (Å²) in [6.07, 6.45) is -1.67. The minimum absolute atomic E-state index is 0.0535. The van der Waals surface area contributed by atoms with Crippen molar-refractivity contribution in [2.75, 3.05) is 0 Å². The number of nitrogens with one attached hydrogen (secondary N) is 3. The van der Waals surface area contributed by atoms with E-state index in [-0.39, 0.29) is 37.2 Å². The van der Waals surface area contributed by atoms with Crippen molar-refractivity contribution in [1.82, 2.24) is 16.0 Å². The number of phenolic OH excluding ortho intramolecular Hbond substituents is 2. The van der Waals surface area contributed by atoms with Crippen LogP contribution in [-0.2, 0) is 41.6 Å². The van der Waals surface area contributed by atoms with Crippen LogP contribution < -0.4 is 27.4 Å². The highest BCUT2D eigenvalue weighted by Crippen LogP contribution is 2.14. The second kappa shape index (κ2) is 15.6. The van der Waals surface area contributed by atoms with E-state index in [2.05, 4.69) is 16.0 Å². The fraction of sp³-hybridized carbons (Fsp3) is 0.333. The van der Waals surface area contributed by atoms with Gasteiger partial charge in [0.2, 0.25) is 23.6 Å². The third-order valence-electron chi connectivity index (χ3n) is 6.04. The molecule has 0 unspecified atom stereocenters. The molecule has 0 bridgehead atoms. The summed E-state index contributed by atoms with van der Waals surface area (Å²) in [6.45, 7) is 0. The number of carboxylic acid groups (broad SMARTS) is 2. The molecule has 2 aromatic rings. The predicted molar refractivity (Wildman–Crippen MR) is 146 cm³/mol. The average molecular weight is 588 g/mol. The zero-order valence-corrected chi connectivity index (χ0v) is 22.4. The number of carbonyl (C=O) groups excluding carboxylic acids is 4. The summed E-state index contributed by atoms with van der Waals surface area (Å²) in [7, 11) is 0. The van der Waals surface area contributed by atoms with Gasteiger partial charge < -0.3 is 47.8 Å². The molecule has 0 saturated carbocycles. The number of hydrogen-bond acceptors (Lipinski definition) is 9. The fourth-order valence-corrected chi connectivity index (χ4v) is 3.80. The number of carboxylic acids is 2. The maximum Gasteiger partial charge on any atom is 0.326 e. The highest BCUT2D eigenvalue weighted by Gasteiger charge is 2.31. The van der Waals surface area contributed by atoms with E-state index in [1.54, 1.807) is 0 Å². The van der Waals surface area contributed by atoms with E-state index in [1.165, 1.54) is 48.5 Å². The van der Waals surface area contributed by atoms with Gasteiger partial charge in [-0.25, -0.2) is 4.79 Å². The average Bonchev–Trinajstić information content (AvgIpc) is 2.91. The summed E-state index contributed by atoms with van der Waals surface area (Å²) in [5.41, 5.74) is 11.7. The van der Waals surface area contributed by atoms with Crippen LogP contribution in [0.4, 0.5) is 0 Å². The molecule has 4 amide bonds. The van der Waals surface area contributed by atoms with Crippen LogP contribution >= 0.6 is 0 Å². The Balaban J connectivity index is 2.34. The van der Waals surface area contributed by atoms with Gasteiger partial charge in [-0.1, -0.05) is 24.3 Å². The zero-order valence-electron chi connectivity index (χ0n) is 22.4. The van der Waals surface area contributed by atoms with Gasteiger partial charge in [-0.05, 0) is 41.8 Å². The van der Waals surface area contributed by atoms with Gasteiger partial charge in [0.15, 0.2) is 0 Å². The predicted octanol–water partition coefficient (Wildman–Crippen LogP) is -1.51. The number of rotatable bonds is 16. The van der Waals surface area contributed by atoms with Gasteiger partial charge in [-0.15, -0.1) is 0 Å². The van der Waals surface area contributed by atoms with Gasteiger partial charge in [-0.3, -0.25) is 24.0 Å². The zero-order chi connectivity index (χ0) is 31.4. The van der Waals surface area contributed by atoms with Crippen molar-refractivity contribution in [1.29, 1.82) is 0 Å². The molecule has 0 spiro atoms. The fourth-order valence-electron chi connectivity index (χ4n) is 3.80. The van der Waals surface area contributed by atoms with Crippen LogP contribution in [0.3, 0.4) is 0 Å². The van der Waals surface area contributed by atoms with Crippen LogP contribution in [0.25, 0.3) is 0 Å². The van der Waals surface area contributed by atoms with E-state index in [9.17, 15) is 44.1 Å². The summed E-state index contributed by atoms with van der Waals surface area (Å²) >= 11 is 0. The number of hydrogen-bond donors (Lipinski definition) is 9. The first-order chi connectivity index (χ1) is 19.7. The van der Waals surface area contributed by atoms with Gasteiger partial charge >= 0.3 is 11.9 Å². The molecule has 0 heterocycles. The lowest BCUT2D eigenvalue weighted by molar-refractivity contribution is -0.142. The molecule has 15 nitrogen and oxygen atoms in total. The van der Waals surface area contributed by atoms with Crippen molar-refractivity contribution in [3.05, 3.63) is 59.7 Å². The summed E-state index contributed by atoms with van der Waals surface area (Å²) in [5, 5.41) is 44.8. The van der Waals surface area contributed by atoms with Crippen LogP contribution in [0, 0.1) is 0 Å². The van der Waals surface area contributed by atoms with E-state index >= 15 is 0 Å². The number of benzene rings is 2. The molecule has 0 radical (unpaired) electrons. The molecule has 0 aliphatic carbocycles. The highest BCUT2D eigenvalue weighted by atomic mass is 16.4. The third kappa shape index (κ3) is 11.1. The van der Waals surface area contributed by atoms with E-state index < -0.39 is 66.2 Å². The lowest BCUT2D eigenvalue weighted by Gasteiger charge is -2.25. The van der Waals surface area contributed by atoms with E-state index in [0.717, 1.165) is 0 Å². The van der Waals surface area contributed by atoms with Crippen molar-refractivity contribution >= 4 is 35.6 Å². The molecule has 0 aromatic heterocycles. The second-order valence-corrected chi connectivity index (χ2v) is 9.47. The van der Waals surface area contributed by atoms with Crippen molar-refractivity contribution < 1.29 is 49.2 Å². The first-order valence-electron chi connectivity index (χ1n) is 12.7. The Morgan fingerprint density at radius 2 is 1.07 bits per heavy atom. The smallest absolute Gasteiger partial charge is 0.326 e. The second-order valence-electron chi connectivity index (χ2n) is 9.47. The molecule has 0 aliphatic rings. The van der Waals surface area contributed by atoms with Crippen LogP contribution in [0.5, 0.6) is 11.5 Å². The molecule has 15 heteroatoms. The number of primary amides is 1. The number of nitrogens with two attached hydrogens (primary N) is 2. The van der Waals surface area contributed by atoms with Gasteiger partial charge in [0.1, 0.15) is 29.6 Å². The SMILES string of the molecule is NC(=O)CC[C@H](NC(=O)[C@H](Cc1ccc(O)cc1)NC(=O)[C@H](Cc1ccc(O)cc1)NC(=O)[C@@H](N)CC(=O)O)C(=O)O. The van der Waals surface area contributed by atoms with Crippen molar-refractivity contribution in [3.8, 4) is 11.5 Å². The van der Waals surface area contributed by atoms with E-state index in [0.29, 0.717) is 11.1 Å². The summed E-state index contributed by atoms with van der Waals surface area (Å²) in [5.74, 6) is -6.44. The van der Waals surface area contributed by atoms with Gasteiger partial charge in [0, 0.05) is 19.3 Å². The first kappa shape index (κ1) is 33.0. The Hall–Kier alpha value is -5.18. The molecule has 0 saturated heterocycles. The molecule has 2 rings (SSSR count). The lowest BCUT2D eigenvalue weighted by Crippen LogP contribution is -2.58. The molecular formula is C27H33N5O10. The number of aliphatic carboxylic acids is 2. The number of phenols is 2. The van der Waals surface area contributed by atoms with Crippen molar-refractivity contribution in [3.63, 3.8) is 0 Å². The van der Waals surface area contributed by atoms with Crippen LogP contribution in [0.15, 0.2) is 48.5 Å². The standard InChI is InChI=1S/C27H33N5O10/c28-18(13-23(36)37)24(38)31-20(11-14-1-5-16(33)6-2-14)26(40)32-21(12-15-3-7-17(34)8-4-15)25(39)30-19(27(41)42)9-10-22(29)35/h1-8,18-21,33-34H,9-13,28H2,(H2,29,35)(H,30,39)(H,31,38)(H,32,40)(H,36,37)(H,41,42)/t18-,19-,20-,21-/m0/s1. The topological polar surface area (TPSA) is 271 Å². The van der Waals surface area contributed by atoms with E-state index in [1.807, 2.05) is 0 Å². The molecule has 2 aromatic carbocycles. The number of amides is 4. The maximum absolute atomic E-state index is 13.5. The molecule has 42 heavy (non-hydrogen) atoms. The van der Waals surface area contributed by atoms with Crippen LogP contribution in [-0.4, -0.2) is 80.2 Å². The monoisotopic (exact) mass is 587 g/mol. The minimum atomic E-state index is -1.51. The Labute approximate surface area is 239 Å². The number of carbonyl (C=O) groups is 6. The quantitative estimate of drug-likeness (QED) is 0.109. The van der Waals surface area contributed by atoms with E-state index in [4.69, 9.17) is 16.6 Å².